The van der Waals surface area contributed by atoms with Gasteiger partial charge in [0.15, 0.2) is 0 Å². The molecule has 4 nitrogen and oxygen atoms in total. The van der Waals surface area contributed by atoms with Crippen LogP contribution >= 0.6 is 0 Å². The average molecular weight is 212 g/mol. The summed E-state index contributed by atoms with van der Waals surface area (Å²) in [6.07, 6.45) is 3.44. The van der Waals surface area contributed by atoms with Crippen LogP contribution in [0.3, 0.4) is 0 Å². The summed E-state index contributed by atoms with van der Waals surface area (Å²) in [4.78, 5) is 12.0. The highest BCUT2D eigenvalue weighted by Crippen LogP contribution is 2.47. The molecule has 2 rings (SSSR count). The van der Waals surface area contributed by atoms with Gasteiger partial charge in [-0.3, -0.25) is 4.79 Å². The Morgan fingerprint density at radius 1 is 1.20 bits per heavy atom. The molecule has 15 heavy (non-hydrogen) atoms. The van der Waals surface area contributed by atoms with Crippen molar-refractivity contribution in [3.8, 4) is 0 Å². The van der Waals surface area contributed by atoms with Crippen molar-refractivity contribution in [1.82, 2.24) is 0 Å². The third kappa shape index (κ3) is 1.16. The molecular formula is C11H16O4. The average Bonchev–Trinajstić information content (AvgIpc) is 2.64. The normalized spacial score (nSPS) is 48.7. The first kappa shape index (κ1) is 10.8. The number of aliphatic hydroxyl groups excluding tert-OH is 2. The highest BCUT2D eigenvalue weighted by molar-refractivity contribution is 5.87. The molecule has 0 aromatic heterocycles. The van der Waals surface area contributed by atoms with E-state index in [0.29, 0.717) is 0 Å². The SMILES string of the molecule is C[C@@H]1C(=O)[C@H](C)[C@]2(CO)C=C[C@@]1(CO)O2. The lowest BCUT2D eigenvalue weighted by Gasteiger charge is -2.45. The first-order valence-corrected chi connectivity index (χ1v) is 5.17. The molecule has 0 saturated carbocycles. The van der Waals surface area contributed by atoms with Crippen LogP contribution < -0.4 is 0 Å². The standard InChI is InChI=1S/C11H16O4/c1-7-9(14)8(2)11(6-13)4-3-10(7,5-12)15-11/h3-4,7-8,12-13H,5-6H2,1-2H3/t7-,8+,10+,11-. The van der Waals surface area contributed by atoms with E-state index < -0.39 is 11.2 Å². The van der Waals surface area contributed by atoms with Crippen LogP contribution in [0.1, 0.15) is 13.8 Å². The van der Waals surface area contributed by atoms with E-state index in [1.165, 1.54) is 0 Å². The van der Waals surface area contributed by atoms with Crippen LogP contribution in [0.15, 0.2) is 12.2 Å². The minimum Gasteiger partial charge on any atom is -0.393 e. The zero-order valence-corrected chi connectivity index (χ0v) is 8.93. The van der Waals surface area contributed by atoms with E-state index in [1.54, 1.807) is 26.0 Å². The maximum Gasteiger partial charge on any atom is 0.145 e. The van der Waals surface area contributed by atoms with Gasteiger partial charge in [-0.25, -0.2) is 0 Å². The minimum atomic E-state index is -0.924. The number of hydrogen-bond donors (Lipinski definition) is 2. The fraction of sp³-hybridized carbons (Fsp3) is 0.727. The molecule has 0 amide bonds. The van der Waals surface area contributed by atoms with Gasteiger partial charge in [0, 0.05) is 0 Å². The maximum atomic E-state index is 12.0. The number of fused-ring (bicyclic) bond motifs is 2. The van der Waals surface area contributed by atoms with E-state index in [9.17, 15) is 15.0 Å². The molecule has 0 aromatic carbocycles. The number of ether oxygens (including phenoxy) is 1. The second-order valence-corrected chi connectivity index (χ2v) is 4.51. The van der Waals surface area contributed by atoms with E-state index in [1.807, 2.05) is 0 Å². The molecule has 0 spiro atoms. The van der Waals surface area contributed by atoms with Crippen molar-refractivity contribution >= 4 is 5.78 Å². The van der Waals surface area contributed by atoms with E-state index in [2.05, 4.69) is 0 Å². The molecule has 2 N–H and O–H groups in total. The van der Waals surface area contributed by atoms with Crippen molar-refractivity contribution in [2.45, 2.75) is 25.0 Å². The van der Waals surface area contributed by atoms with Crippen LogP contribution in [0.5, 0.6) is 0 Å². The van der Waals surface area contributed by atoms with Crippen LogP contribution in [-0.4, -0.2) is 40.4 Å². The lowest BCUT2D eigenvalue weighted by atomic mass is 9.76. The second kappa shape index (κ2) is 3.14. The number of ketones is 1. The van der Waals surface area contributed by atoms with Gasteiger partial charge in [-0.1, -0.05) is 26.0 Å². The molecule has 4 heteroatoms. The van der Waals surface area contributed by atoms with Crippen LogP contribution in [-0.2, 0) is 9.53 Å². The van der Waals surface area contributed by atoms with Gasteiger partial charge in [0.2, 0.25) is 0 Å². The molecule has 2 heterocycles. The van der Waals surface area contributed by atoms with Crippen LogP contribution in [0, 0.1) is 11.8 Å². The fourth-order valence-corrected chi connectivity index (χ4v) is 2.47. The van der Waals surface area contributed by atoms with Crippen molar-refractivity contribution < 1.29 is 19.7 Å². The van der Waals surface area contributed by atoms with Crippen LogP contribution in [0.25, 0.3) is 0 Å². The largest absolute Gasteiger partial charge is 0.393 e. The predicted molar refractivity (Wildman–Crippen MR) is 53.2 cm³/mol. The molecule has 0 aliphatic carbocycles. The topological polar surface area (TPSA) is 66.8 Å². The van der Waals surface area contributed by atoms with Gasteiger partial charge in [-0.2, -0.15) is 0 Å². The highest BCUT2D eigenvalue weighted by atomic mass is 16.6. The smallest absolute Gasteiger partial charge is 0.145 e. The predicted octanol–water partition coefficient (Wildman–Crippen LogP) is -0.110. The Morgan fingerprint density at radius 3 is 1.93 bits per heavy atom. The number of Topliss-reactive ketones (excluding diaryl/α,β-unsaturated/α-hetero) is 1. The van der Waals surface area contributed by atoms with Gasteiger partial charge in [0.25, 0.3) is 0 Å². The summed E-state index contributed by atoms with van der Waals surface area (Å²) < 4.78 is 5.73. The molecule has 0 radical (unpaired) electrons. The number of rotatable bonds is 2. The highest BCUT2D eigenvalue weighted by Gasteiger charge is 2.59. The molecule has 1 fully saturated rings. The molecule has 2 bridgehead atoms. The number of carbonyl (C=O) groups is 1. The molecule has 84 valence electrons. The summed E-state index contributed by atoms with van der Waals surface area (Å²) in [7, 11) is 0. The first-order chi connectivity index (χ1) is 7.01. The van der Waals surface area contributed by atoms with Crippen molar-refractivity contribution in [2.75, 3.05) is 13.2 Å². The third-order valence-corrected chi connectivity index (χ3v) is 3.84. The van der Waals surface area contributed by atoms with Gasteiger partial charge < -0.3 is 14.9 Å². The Labute approximate surface area is 88.6 Å². The Hall–Kier alpha value is -0.710. The molecule has 1 saturated heterocycles. The summed E-state index contributed by atoms with van der Waals surface area (Å²) in [5.74, 6) is -0.693. The van der Waals surface area contributed by atoms with Gasteiger partial charge in [-0.15, -0.1) is 0 Å². The molecule has 4 atom stereocenters. The van der Waals surface area contributed by atoms with Crippen molar-refractivity contribution in [1.29, 1.82) is 0 Å². The molecular weight excluding hydrogens is 196 g/mol. The van der Waals surface area contributed by atoms with Crippen LogP contribution in [0.4, 0.5) is 0 Å². The van der Waals surface area contributed by atoms with E-state index in [0.717, 1.165) is 0 Å². The fourth-order valence-electron chi connectivity index (χ4n) is 2.47. The number of carbonyl (C=O) groups excluding carboxylic acids is 1. The lowest BCUT2D eigenvalue weighted by molar-refractivity contribution is -0.202. The van der Waals surface area contributed by atoms with Crippen molar-refractivity contribution in [3.05, 3.63) is 12.2 Å². The summed E-state index contributed by atoms with van der Waals surface area (Å²) in [5, 5.41) is 18.7. The monoisotopic (exact) mass is 212 g/mol. The quantitative estimate of drug-likeness (QED) is 0.627. The Bertz CT molecular complexity index is 297. The zero-order valence-electron chi connectivity index (χ0n) is 8.93. The number of aliphatic hydroxyl groups is 2. The maximum absolute atomic E-state index is 12.0. The molecule has 2 aliphatic rings. The lowest BCUT2D eigenvalue weighted by Crippen LogP contribution is -2.59. The first-order valence-electron chi connectivity index (χ1n) is 5.17. The molecule has 0 aromatic rings. The Morgan fingerprint density at radius 2 is 1.60 bits per heavy atom. The third-order valence-electron chi connectivity index (χ3n) is 3.84. The molecule has 2 aliphatic heterocycles. The van der Waals surface area contributed by atoms with Gasteiger partial charge in [0.1, 0.15) is 17.0 Å². The summed E-state index contributed by atoms with van der Waals surface area (Å²) in [6, 6.07) is 0. The second-order valence-electron chi connectivity index (χ2n) is 4.51. The summed E-state index contributed by atoms with van der Waals surface area (Å²) in [6.45, 7) is 3.05. The van der Waals surface area contributed by atoms with Crippen LogP contribution in [0.2, 0.25) is 0 Å². The van der Waals surface area contributed by atoms with Crippen molar-refractivity contribution in [2.24, 2.45) is 11.8 Å². The minimum absolute atomic E-state index is 0.0364. The zero-order chi connectivity index (χ0) is 11.3. The van der Waals surface area contributed by atoms with Gasteiger partial charge in [-0.05, 0) is 0 Å². The Kier molecular flexibility index (Phi) is 2.26. The van der Waals surface area contributed by atoms with Gasteiger partial charge in [0.05, 0.1) is 25.0 Å². The molecule has 0 unspecified atom stereocenters. The summed E-state index contributed by atoms with van der Waals surface area (Å²) >= 11 is 0. The van der Waals surface area contributed by atoms with E-state index >= 15 is 0 Å². The number of hydrogen-bond acceptors (Lipinski definition) is 4. The van der Waals surface area contributed by atoms with Crippen molar-refractivity contribution in [3.63, 3.8) is 0 Å². The van der Waals surface area contributed by atoms with E-state index in [-0.39, 0.29) is 30.8 Å². The summed E-state index contributed by atoms with van der Waals surface area (Å²) in [5.41, 5.74) is -1.85. The van der Waals surface area contributed by atoms with E-state index in [4.69, 9.17) is 4.74 Å². The Balaban J connectivity index is 2.45. The van der Waals surface area contributed by atoms with Gasteiger partial charge >= 0.3 is 0 Å².